The third-order valence-corrected chi connectivity index (χ3v) is 2.53. The average molecular weight is 300 g/mol. The van der Waals surface area contributed by atoms with E-state index in [9.17, 15) is 0 Å². The molecule has 20 heavy (non-hydrogen) atoms. The lowest BCUT2D eigenvalue weighted by molar-refractivity contribution is 0.0176. The summed E-state index contributed by atoms with van der Waals surface area (Å²) in [7, 11) is 1.64. The third-order valence-electron chi connectivity index (χ3n) is 2.31. The van der Waals surface area contributed by atoms with E-state index in [-0.39, 0.29) is 4.99 Å². The van der Waals surface area contributed by atoms with Crippen LogP contribution in [0.15, 0.2) is 18.3 Å². The number of hydrogen-bond acceptors (Lipinski definition) is 6. The fraction of sp³-hybridized carbons (Fsp3) is 0.538. The first kappa shape index (κ1) is 16.8. The summed E-state index contributed by atoms with van der Waals surface area (Å²) in [6.45, 7) is 3.03. The largest absolute Gasteiger partial charge is 0.475 e. The second-order valence-corrected chi connectivity index (χ2v) is 4.23. The first-order chi connectivity index (χ1) is 9.75. The number of thiocarbonyl (C=S) groups is 1. The van der Waals surface area contributed by atoms with Gasteiger partial charge in [0.05, 0.1) is 38.6 Å². The summed E-state index contributed by atoms with van der Waals surface area (Å²) < 4.78 is 20.9. The average Bonchev–Trinajstić information content (AvgIpc) is 2.46. The minimum Gasteiger partial charge on any atom is -0.475 e. The summed E-state index contributed by atoms with van der Waals surface area (Å²) in [5.74, 6) is 0.431. The molecule has 0 aliphatic carbocycles. The van der Waals surface area contributed by atoms with Crippen molar-refractivity contribution < 1.29 is 18.9 Å². The SMILES string of the molecule is COCCOCCOCCOc1ncccc1C(N)=S. The van der Waals surface area contributed by atoms with Gasteiger partial charge in [0.25, 0.3) is 0 Å². The number of nitrogens with zero attached hydrogens (tertiary/aromatic N) is 1. The van der Waals surface area contributed by atoms with Crippen LogP contribution in [-0.2, 0) is 14.2 Å². The van der Waals surface area contributed by atoms with E-state index in [1.807, 2.05) is 0 Å². The lowest BCUT2D eigenvalue weighted by atomic mass is 10.3. The number of ether oxygens (including phenoxy) is 4. The van der Waals surface area contributed by atoms with Crippen molar-refractivity contribution in [2.24, 2.45) is 5.73 Å². The van der Waals surface area contributed by atoms with Crippen molar-refractivity contribution in [3.63, 3.8) is 0 Å². The Bertz CT molecular complexity index is 404. The zero-order valence-electron chi connectivity index (χ0n) is 11.5. The zero-order chi connectivity index (χ0) is 14.6. The molecule has 6 nitrogen and oxygen atoms in total. The summed E-state index contributed by atoms with van der Waals surface area (Å²) in [5.41, 5.74) is 6.21. The van der Waals surface area contributed by atoms with Crippen LogP contribution >= 0.6 is 12.2 Å². The van der Waals surface area contributed by atoms with Crippen LogP contribution in [0.2, 0.25) is 0 Å². The highest BCUT2D eigenvalue weighted by Gasteiger charge is 2.06. The van der Waals surface area contributed by atoms with E-state index in [1.165, 1.54) is 0 Å². The number of aromatic nitrogens is 1. The summed E-state index contributed by atoms with van der Waals surface area (Å²) in [5, 5.41) is 0. The summed E-state index contributed by atoms with van der Waals surface area (Å²) >= 11 is 4.92. The Labute approximate surface area is 124 Å². The maximum Gasteiger partial charge on any atom is 0.223 e. The molecule has 0 aliphatic rings. The number of methoxy groups -OCH3 is 1. The number of nitrogens with two attached hydrogens (primary N) is 1. The molecule has 0 aliphatic heterocycles. The highest BCUT2D eigenvalue weighted by Crippen LogP contribution is 2.13. The Morgan fingerprint density at radius 3 is 2.45 bits per heavy atom. The Morgan fingerprint density at radius 1 is 1.15 bits per heavy atom. The molecule has 0 bridgehead atoms. The van der Waals surface area contributed by atoms with Gasteiger partial charge in [-0.05, 0) is 12.1 Å². The van der Waals surface area contributed by atoms with E-state index >= 15 is 0 Å². The molecule has 7 heteroatoms. The minimum absolute atomic E-state index is 0.264. The van der Waals surface area contributed by atoms with Gasteiger partial charge >= 0.3 is 0 Å². The molecule has 0 radical (unpaired) electrons. The van der Waals surface area contributed by atoms with E-state index in [4.69, 9.17) is 36.9 Å². The van der Waals surface area contributed by atoms with Crippen LogP contribution in [0.25, 0.3) is 0 Å². The first-order valence-electron chi connectivity index (χ1n) is 6.27. The lowest BCUT2D eigenvalue weighted by Gasteiger charge is -2.09. The quantitative estimate of drug-likeness (QED) is 0.478. The predicted octanol–water partition coefficient (Wildman–Crippen LogP) is 0.774. The topological polar surface area (TPSA) is 75.8 Å². The molecule has 0 spiro atoms. The second-order valence-electron chi connectivity index (χ2n) is 3.79. The Kier molecular flexibility index (Phi) is 8.81. The fourth-order valence-corrected chi connectivity index (χ4v) is 1.51. The van der Waals surface area contributed by atoms with Crippen LogP contribution in [0.5, 0.6) is 5.88 Å². The maximum absolute atomic E-state index is 5.58. The van der Waals surface area contributed by atoms with E-state index < -0.39 is 0 Å². The van der Waals surface area contributed by atoms with Gasteiger partial charge in [0.15, 0.2) is 0 Å². The smallest absolute Gasteiger partial charge is 0.223 e. The summed E-state index contributed by atoms with van der Waals surface area (Å²) in [4.78, 5) is 4.35. The first-order valence-corrected chi connectivity index (χ1v) is 6.68. The molecule has 1 aromatic rings. The fourth-order valence-electron chi connectivity index (χ4n) is 1.35. The van der Waals surface area contributed by atoms with Crippen LogP contribution in [0, 0.1) is 0 Å². The maximum atomic E-state index is 5.58. The summed E-state index contributed by atoms with van der Waals surface area (Å²) in [6.07, 6.45) is 1.63. The van der Waals surface area contributed by atoms with E-state index in [1.54, 1.807) is 25.4 Å². The van der Waals surface area contributed by atoms with Crippen molar-refractivity contribution >= 4 is 17.2 Å². The molecule has 0 saturated heterocycles. The van der Waals surface area contributed by atoms with Gasteiger partial charge in [0.1, 0.15) is 11.6 Å². The van der Waals surface area contributed by atoms with E-state index in [0.717, 1.165) is 0 Å². The van der Waals surface area contributed by atoms with Crippen LogP contribution in [0.1, 0.15) is 5.56 Å². The Morgan fingerprint density at radius 2 is 1.80 bits per heavy atom. The molecule has 0 atom stereocenters. The monoisotopic (exact) mass is 300 g/mol. The van der Waals surface area contributed by atoms with Gasteiger partial charge < -0.3 is 24.7 Å². The van der Waals surface area contributed by atoms with E-state index in [2.05, 4.69) is 4.98 Å². The molecule has 0 unspecified atom stereocenters. The second kappa shape index (κ2) is 10.5. The predicted molar refractivity (Wildman–Crippen MR) is 79.1 cm³/mol. The molecule has 0 saturated carbocycles. The highest BCUT2D eigenvalue weighted by molar-refractivity contribution is 7.80. The van der Waals surface area contributed by atoms with Crippen LogP contribution in [0.3, 0.4) is 0 Å². The van der Waals surface area contributed by atoms with Crippen molar-refractivity contribution in [1.29, 1.82) is 0 Å². The zero-order valence-corrected chi connectivity index (χ0v) is 12.4. The molecule has 0 aromatic carbocycles. The minimum atomic E-state index is 0.264. The molecule has 112 valence electrons. The molecule has 0 amide bonds. The Hall–Kier alpha value is -1.28. The summed E-state index contributed by atoms with van der Waals surface area (Å²) in [6, 6.07) is 3.53. The van der Waals surface area contributed by atoms with Gasteiger partial charge in [0.2, 0.25) is 5.88 Å². The molecular weight excluding hydrogens is 280 g/mol. The molecule has 2 N–H and O–H groups in total. The van der Waals surface area contributed by atoms with Crippen molar-refractivity contribution in [3.8, 4) is 5.88 Å². The van der Waals surface area contributed by atoms with Crippen LogP contribution < -0.4 is 10.5 Å². The van der Waals surface area contributed by atoms with Crippen LogP contribution in [0.4, 0.5) is 0 Å². The van der Waals surface area contributed by atoms with E-state index in [0.29, 0.717) is 51.1 Å². The lowest BCUT2D eigenvalue weighted by Crippen LogP contribution is -2.16. The molecular formula is C13H20N2O4S. The van der Waals surface area contributed by atoms with Crippen molar-refractivity contribution in [1.82, 2.24) is 4.98 Å². The van der Waals surface area contributed by atoms with Gasteiger partial charge in [-0.15, -0.1) is 0 Å². The van der Waals surface area contributed by atoms with Gasteiger partial charge in [-0.3, -0.25) is 0 Å². The normalized spacial score (nSPS) is 10.4. The third kappa shape index (κ3) is 6.76. The molecule has 1 rings (SSSR count). The number of pyridine rings is 1. The molecule has 0 fully saturated rings. The van der Waals surface area contributed by atoms with Gasteiger partial charge in [-0.25, -0.2) is 4.98 Å². The standard InChI is InChI=1S/C13H20N2O4S/c1-16-5-6-17-7-8-18-9-10-19-13-11(12(14)20)3-2-4-15-13/h2-4H,5-10H2,1H3,(H2,14,20). The van der Waals surface area contributed by atoms with Gasteiger partial charge in [-0.1, -0.05) is 12.2 Å². The Balaban J connectivity index is 2.11. The highest BCUT2D eigenvalue weighted by atomic mass is 32.1. The van der Waals surface area contributed by atoms with Crippen LogP contribution in [-0.4, -0.2) is 56.7 Å². The van der Waals surface area contributed by atoms with Crippen molar-refractivity contribution in [2.75, 3.05) is 46.8 Å². The van der Waals surface area contributed by atoms with Gasteiger partial charge in [-0.2, -0.15) is 0 Å². The molecule has 1 heterocycles. The number of rotatable bonds is 11. The van der Waals surface area contributed by atoms with Gasteiger partial charge in [0, 0.05) is 13.3 Å². The molecule has 1 aromatic heterocycles. The van der Waals surface area contributed by atoms with Crippen molar-refractivity contribution in [3.05, 3.63) is 23.9 Å². The number of hydrogen-bond donors (Lipinski definition) is 1. The van der Waals surface area contributed by atoms with Crippen molar-refractivity contribution in [2.45, 2.75) is 0 Å².